The summed E-state index contributed by atoms with van der Waals surface area (Å²) in [6.07, 6.45) is 5.48. The van der Waals surface area contributed by atoms with E-state index in [0.29, 0.717) is 17.9 Å². The van der Waals surface area contributed by atoms with Crippen LogP contribution >= 0.6 is 0 Å². The molecule has 1 heterocycles. The van der Waals surface area contributed by atoms with E-state index in [4.69, 9.17) is 4.74 Å². The van der Waals surface area contributed by atoms with Gasteiger partial charge < -0.3 is 10.1 Å². The second-order valence-corrected chi connectivity index (χ2v) is 6.02. The van der Waals surface area contributed by atoms with Crippen molar-refractivity contribution < 1.29 is 4.74 Å². The molecule has 0 spiro atoms. The van der Waals surface area contributed by atoms with Gasteiger partial charge in [0.15, 0.2) is 0 Å². The fourth-order valence-electron chi connectivity index (χ4n) is 3.30. The van der Waals surface area contributed by atoms with Crippen LogP contribution < -0.4 is 5.32 Å². The highest BCUT2D eigenvalue weighted by Crippen LogP contribution is 2.35. The smallest absolute Gasteiger partial charge is 0.0876 e. The highest BCUT2D eigenvalue weighted by atomic mass is 16.5. The molecule has 1 aromatic rings. The zero-order valence-corrected chi connectivity index (χ0v) is 13.6. The number of hydrogen-bond acceptors (Lipinski definition) is 2. The van der Waals surface area contributed by atoms with Crippen molar-refractivity contribution in [2.24, 2.45) is 5.92 Å². The van der Waals surface area contributed by atoms with Crippen LogP contribution in [0, 0.1) is 5.92 Å². The number of likely N-dealkylation sites (N-methyl/N-ethyl adjacent to an activating group) is 1. The van der Waals surface area contributed by atoms with Crippen molar-refractivity contribution in [3.8, 4) is 0 Å². The fourth-order valence-corrected chi connectivity index (χ4v) is 3.30. The molecule has 1 aliphatic rings. The average Bonchev–Trinajstić information content (AvgIpc) is 2.56. The van der Waals surface area contributed by atoms with Gasteiger partial charge in [0.25, 0.3) is 0 Å². The van der Waals surface area contributed by atoms with Crippen molar-refractivity contribution in [2.75, 3.05) is 13.2 Å². The van der Waals surface area contributed by atoms with Crippen LogP contribution in [0.25, 0.3) is 0 Å². The molecule has 0 bridgehead atoms. The van der Waals surface area contributed by atoms with Crippen molar-refractivity contribution in [3.63, 3.8) is 0 Å². The summed E-state index contributed by atoms with van der Waals surface area (Å²) in [5, 5.41) is 3.72. The van der Waals surface area contributed by atoms with Crippen LogP contribution in [0.3, 0.4) is 0 Å². The number of benzene rings is 1. The van der Waals surface area contributed by atoms with Gasteiger partial charge in [-0.15, -0.1) is 0 Å². The Bertz CT molecular complexity index is 440. The third-order valence-electron chi connectivity index (χ3n) is 4.59. The molecule has 1 N–H and O–H groups in total. The summed E-state index contributed by atoms with van der Waals surface area (Å²) in [5.74, 6) is 1.14. The van der Waals surface area contributed by atoms with E-state index in [1.165, 1.54) is 17.6 Å². The summed E-state index contributed by atoms with van der Waals surface area (Å²) >= 11 is 0. The minimum absolute atomic E-state index is 0.382. The summed E-state index contributed by atoms with van der Waals surface area (Å²) in [6, 6.07) is 11.3. The summed E-state index contributed by atoms with van der Waals surface area (Å²) in [7, 11) is 0. The Labute approximate surface area is 129 Å². The van der Waals surface area contributed by atoms with Crippen molar-refractivity contribution in [3.05, 3.63) is 47.7 Å². The number of ether oxygens (including phenoxy) is 1. The van der Waals surface area contributed by atoms with Gasteiger partial charge in [0.1, 0.15) is 0 Å². The van der Waals surface area contributed by atoms with Gasteiger partial charge in [0, 0.05) is 12.0 Å². The van der Waals surface area contributed by atoms with E-state index in [9.17, 15) is 0 Å². The lowest BCUT2D eigenvalue weighted by Gasteiger charge is -2.35. The molecule has 1 aliphatic heterocycles. The van der Waals surface area contributed by atoms with Gasteiger partial charge >= 0.3 is 0 Å². The Kier molecular flexibility index (Phi) is 6.31. The van der Waals surface area contributed by atoms with E-state index in [2.05, 4.69) is 56.4 Å². The highest BCUT2D eigenvalue weighted by Gasteiger charge is 2.30. The van der Waals surface area contributed by atoms with Gasteiger partial charge in [-0.05, 0) is 36.4 Å². The molecule has 0 saturated heterocycles. The van der Waals surface area contributed by atoms with E-state index in [0.717, 1.165) is 26.0 Å². The van der Waals surface area contributed by atoms with E-state index in [1.807, 2.05) is 6.26 Å². The summed E-state index contributed by atoms with van der Waals surface area (Å²) in [4.78, 5) is 0. The second kappa shape index (κ2) is 8.23. The first-order chi connectivity index (χ1) is 10.3. The highest BCUT2D eigenvalue weighted by molar-refractivity contribution is 5.27. The molecule has 0 aliphatic carbocycles. The zero-order valence-electron chi connectivity index (χ0n) is 13.6. The van der Waals surface area contributed by atoms with Gasteiger partial charge in [-0.25, -0.2) is 0 Å². The molecule has 0 aromatic heterocycles. The minimum atomic E-state index is 0.382. The van der Waals surface area contributed by atoms with Crippen LogP contribution in [0.15, 0.2) is 42.2 Å². The third-order valence-corrected chi connectivity index (χ3v) is 4.59. The minimum Gasteiger partial charge on any atom is -0.501 e. The summed E-state index contributed by atoms with van der Waals surface area (Å²) in [6.45, 7) is 8.70. The van der Waals surface area contributed by atoms with Crippen LogP contribution in [0.2, 0.25) is 0 Å². The lowest BCUT2D eigenvalue weighted by atomic mass is 9.76. The molecule has 0 radical (unpaired) electrons. The summed E-state index contributed by atoms with van der Waals surface area (Å²) in [5.41, 5.74) is 2.86. The Morgan fingerprint density at radius 1 is 1.19 bits per heavy atom. The Morgan fingerprint density at radius 3 is 2.52 bits per heavy atom. The molecular weight excluding hydrogens is 258 g/mol. The van der Waals surface area contributed by atoms with Crippen LogP contribution in [-0.4, -0.2) is 19.2 Å². The quantitative estimate of drug-likeness (QED) is 0.798. The predicted molar refractivity (Wildman–Crippen MR) is 89.4 cm³/mol. The van der Waals surface area contributed by atoms with E-state index in [1.54, 1.807) is 0 Å². The van der Waals surface area contributed by atoms with Gasteiger partial charge in [-0.2, -0.15) is 0 Å². The Balaban J connectivity index is 2.33. The molecule has 2 rings (SSSR count). The first-order valence-electron chi connectivity index (χ1n) is 8.36. The molecule has 1 aromatic carbocycles. The first kappa shape index (κ1) is 16.1. The van der Waals surface area contributed by atoms with Crippen molar-refractivity contribution in [2.45, 2.75) is 52.0 Å². The third kappa shape index (κ3) is 4.10. The largest absolute Gasteiger partial charge is 0.501 e. The van der Waals surface area contributed by atoms with E-state index >= 15 is 0 Å². The monoisotopic (exact) mass is 287 g/mol. The zero-order chi connectivity index (χ0) is 15.1. The van der Waals surface area contributed by atoms with Crippen LogP contribution in [-0.2, 0) is 4.74 Å². The maximum atomic E-state index is 5.61. The standard InChI is InChI=1S/C19H29NO/c1-4-15(3)18(16-10-7-6-8-11-16)19(20-5-2)17-12-9-13-21-14-17/h6-8,10-11,14-15,18-20H,4-5,9,12-13H2,1-3H3. The Morgan fingerprint density at radius 2 is 1.95 bits per heavy atom. The van der Waals surface area contributed by atoms with E-state index < -0.39 is 0 Å². The Hall–Kier alpha value is -1.28. The second-order valence-electron chi connectivity index (χ2n) is 6.02. The van der Waals surface area contributed by atoms with Crippen LogP contribution in [0.5, 0.6) is 0 Å². The maximum absolute atomic E-state index is 5.61. The maximum Gasteiger partial charge on any atom is 0.0876 e. The molecule has 21 heavy (non-hydrogen) atoms. The molecule has 0 saturated carbocycles. The summed E-state index contributed by atoms with van der Waals surface area (Å²) < 4.78 is 5.61. The normalized spacial score (nSPS) is 19.3. The van der Waals surface area contributed by atoms with Gasteiger partial charge in [0.2, 0.25) is 0 Å². The van der Waals surface area contributed by atoms with Crippen molar-refractivity contribution >= 4 is 0 Å². The van der Waals surface area contributed by atoms with E-state index in [-0.39, 0.29) is 0 Å². The van der Waals surface area contributed by atoms with Crippen molar-refractivity contribution in [1.29, 1.82) is 0 Å². The van der Waals surface area contributed by atoms with Gasteiger partial charge in [-0.1, -0.05) is 57.5 Å². The SMILES string of the molecule is CCNC(C1=COCCC1)C(c1ccccc1)C(C)CC. The average molecular weight is 287 g/mol. The molecule has 0 fully saturated rings. The number of nitrogens with one attached hydrogen (secondary N) is 1. The molecule has 116 valence electrons. The molecule has 2 heteroatoms. The lowest BCUT2D eigenvalue weighted by molar-refractivity contribution is 0.214. The first-order valence-corrected chi connectivity index (χ1v) is 8.36. The molecular formula is C19H29NO. The molecule has 0 amide bonds. The molecule has 3 unspecified atom stereocenters. The number of rotatable bonds is 7. The number of hydrogen-bond donors (Lipinski definition) is 1. The predicted octanol–water partition coefficient (Wildman–Crippen LogP) is 4.49. The van der Waals surface area contributed by atoms with Gasteiger partial charge in [0.05, 0.1) is 12.9 Å². The van der Waals surface area contributed by atoms with Crippen LogP contribution in [0.4, 0.5) is 0 Å². The van der Waals surface area contributed by atoms with Gasteiger partial charge in [-0.3, -0.25) is 0 Å². The molecule has 3 atom stereocenters. The fraction of sp³-hybridized carbons (Fsp3) is 0.579. The van der Waals surface area contributed by atoms with Crippen molar-refractivity contribution in [1.82, 2.24) is 5.32 Å². The lowest BCUT2D eigenvalue weighted by Crippen LogP contribution is -2.40. The van der Waals surface area contributed by atoms with Crippen LogP contribution in [0.1, 0.15) is 51.5 Å². The molecule has 2 nitrogen and oxygen atoms in total. The topological polar surface area (TPSA) is 21.3 Å².